The zero-order valence-corrected chi connectivity index (χ0v) is 9.94. The van der Waals surface area contributed by atoms with E-state index in [0.29, 0.717) is 12.1 Å². The zero-order chi connectivity index (χ0) is 12.6. The number of benzene rings is 1. The van der Waals surface area contributed by atoms with E-state index in [2.05, 4.69) is 5.43 Å². The molecule has 7 heteroatoms. The predicted octanol–water partition coefficient (Wildman–Crippen LogP) is 0.563. The van der Waals surface area contributed by atoms with E-state index in [-0.39, 0.29) is 16.8 Å². The molecule has 2 rings (SSSR count). The van der Waals surface area contributed by atoms with Crippen LogP contribution in [0.3, 0.4) is 0 Å². The first-order valence-electron chi connectivity index (χ1n) is 5.04. The fourth-order valence-electron chi connectivity index (χ4n) is 1.68. The molecule has 0 spiro atoms. The molecule has 1 fully saturated rings. The van der Waals surface area contributed by atoms with Crippen LogP contribution in [0.15, 0.2) is 29.2 Å². The minimum Gasteiger partial charge on any atom is -0.282 e. The summed E-state index contributed by atoms with van der Waals surface area (Å²) in [5.74, 6) is -0.0721. The minimum atomic E-state index is -4.19. The van der Waals surface area contributed by atoms with Gasteiger partial charge in [0.05, 0.1) is 10.6 Å². The lowest BCUT2D eigenvalue weighted by Gasteiger charge is -2.16. The monoisotopic (exact) mass is 256 g/mol. The highest BCUT2D eigenvalue weighted by Gasteiger charge is 2.27. The standard InChI is InChI=1S/C10H12N2O4S/c1-7-6-10(13)12(11-7)8-2-4-9(5-3-8)17(14,15)16/h2-5,7,11H,6H2,1H3,(H,14,15,16). The number of rotatable bonds is 2. The highest BCUT2D eigenvalue weighted by molar-refractivity contribution is 7.85. The van der Waals surface area contributed by atoms with Crippen molar-refractivity contribution in [1.29, 1.82) is 0 Å². The summed E-state index contributed by atoms with van der Waals surface area (Å²) < 4.78 is 30.5. The fraction of sp³-hybridized carbons (Fsp3) is 0.300. The number of carbonyl (C=O) groups excluding carboxylic acids is 1. The molecule has 0 bridgehead atoms. The van der Waals surface area contributed by atoms with Gasteiger partial charge in [0.15, 0.2) is 0 Å². The molecule has 1 aromatic carbocycles. The Hall–Kier alpha value is -1.44. The van der Waals surface area contributed by atoms with Gasteiger partial charge in [-0.25, -0.2) is 10.4 Å². The normalized spacial score (nSPS) is 20.9. The maximum absolute atomic E-state index is 11.6. The van der Waals surface area contributed by atoms with Crippen LogP contribution in [0, 0.1) is 0 Å². The molecule has 0 radical (unpaired) electrons. The van der Waals surface area contributed by atoms with Gasteiger partial charge >= 0.3 is 0 Å². The SMILES string of the molecule is CC1CC(=O)N(c2ccc(S(=O)(=O)O)cc2)N1. The van der Waals surface area contributed by atoms with Crippen LogP contribution >= 0.6 is 0 Å². The van der Waals surface area contributed by atoms with E-state index in [9.17, 15) is 13.2 Å². The largest absolute Gasteiger partial charge is 0.294 e. The average molecular weight is 256 g/mol. The fourth-order valence-corrected chi connectivity index (χ4v) is 2.16. The number of carbonyl (C=O) groups is 1. The lowest BCUT2D eigenvalue weighted by atomic mass is 10.2. The van der Waals surface area contributed by atoms with Crippen molar-refractivity contribution >= 4 is 21.7 Å². The summed E-state index contributed by atoms with van der Waals surface area (Å²) in [5, 5.41) is 1.37. The Morgan fingerprint density at radius 3 is 2.35 bits per heavy atom. The van der Waals surface area contributed by atoms with Crippen LogP contribution in [0.5, 0.6) is 0 Å². The predicted molar refractivity (Wildman–Crippen MR) is 61.0 cm³/mol. The molecule has 0 aliphatic carbocycles. The van der Waals surface area contributed by atoms with Gasteiger partial charge < -0.3 is 0 Å². The van der Waals surface area contributed by atoms with Crippen LogP contribution in [0.4, 0.5) is 5.69 Å². The van der Waals surface area contributed by atoms with Crippen LogP contribution < -0.4 is 10.4 Å². The molecule has 1 aromatic rings. The molecule has 1 saturated heterocycles. The van der Waals surface area contributed by atoms with E-state index >= 15 is 0 Å². The first-order chi connectivity index (χ1) is 7.88. The van der Waals surface area contributed by atoms with Gasteiger partial charge in [0.25, 0.3) is 10.1 Å². The Morgan fingerprint density at radius 1 is 1.35 bits per heavy atom. The van der Waals surface area contributed by atoms with E-state index in [1.165, 1.54) is 29.3 Å². The maximum atomic E-state index is 11.6. The second-order valence-corrected chi connectivity index (χ2v) is 5.35. The summed E-state index contributed by atoms with van der Waals surface area (Å²) >= 11 is 0. The van der Waals surface area contributed by atoms with E-state index in [4.69, 9.17) is 4.55 Å². The molecule has 17 heavy (non-hydrogen) atoms. The highest BCUT2D eigenvalue weighted by Crippen LogP contribution is 2.20. The van der Waals surface area contributed by atoms with Crippen molar-refractivity contribution in [1.82, 2.24) is 5.43 Å². The van der Waals surface area contributed by atoms with Crippen molar-refractivity contribution in [3.05, 3.63) is 24.3 Å². The second-order valence-electron chi connectivity index (χ2n) is 3.93. The number of anilines is 1. The molecular formula is C10H12N2O4S. The lowest BCUT2D eigenvalue weighted by molar-refractivity contribution is -0.117. The molecule has 1 aliphatic rings. The molecule has 0 saturated carbocycles. The Labute approximate surface area is 99.0 Å². The molecule has 92 valence electrons. The summed E-state index contributed by atoms with van der Waals surface area (Å²) in [6.07, 6.45) is 0.403. The molecule has 1 amide bonds. The van der Waals surface area contributed by atoms with Gasteiger partial charge in [-0.3, -0.25) is 9.35 Å². The molecule has 1 heterocycles. The third-order valence-electron chi connectivity index (χ3n) is 2.47. The summed E-state index contributed by atoms with van der Waals surface area (Å²) in [5.41, 5.74) is 3.50. The minimum absolute atomic E-state index is 0.0590. The zero-order valence-electron chi connectivity index (χ0n) is 9.12. The van der Waals surface area contributed by atoms with Crippen LogP contribution in [0.2, 0.25) is 0 Å². The van der Waals surface area contributed by atoms with Crippen LogP contribution in [-0.2, 0) is 14.9 Å². The Kier molecular flexibility index (Phi) is 2.90. The molecule has 6 nitrogen and oxygen atoms in total. The highest BCUT2D eigenvalue weighted by atomic mass is 32.2. The number of hydrazine groups is 1. The third-order valence-corrected chi connectivity index (χ3v) is 3.34. The van der Waals surface area contributed by atoms with Crippen molar-refractivity contribution in [2.75, 3.05) is 5.01 Å². The molecule has 1 atom stereocenters. The number of nitrogens with one attached hydrogen (secondary N) is 1. The van der Waals surface area contributed by atoms with Crippen molar-refractivity contribution in [3.63, 3.8) is 0 Å². The number of hydrogen-bond acceptors (Lipinski definition) is 4. The number of hydrogen-bond donors (Lipinski definition) is 2. The van der Waals surface area contributed by atoms with Crippen LogP contribution in [-0.4, -0.2) is 24.9 Å². The van der Waals surface area contributed by atoms with Crippen LogP contribution in [0.1, 0.15) is 13.3 Å². The van der Waals surface area contributed by atoms with Gasteiger partial charge in [-0.15, -0.1) is 0 Å². The van der Waals surface area contributed by atoms with Gasteiger partial charge in [0.1, 0.15) is 0 Å². The summed E-state index contributed by atoms with van der Waals surface area (Å²) in [7, 11) is -4.19. The van der Waals surface area contributed by atoms with E-state index < -0.39 is 10.1 Å². The average Bonchev–Trinajstić information content (AvgIpc) is 2.57. The van der Waals surface area contributed by atoms with E-state index in [1.807, 2.05) is 6.92 Å². The number of nitrogens with zero attached hydrogens (tertiary/aromatic N) is 1. The first kappa shape index (κ1) is 12.0. The quantitative estimate of drug-likeness (QED) is 0.755. The molecular weight excluding hydrogens is 244 g/mol. The molecule has 1 unspecified atom stereocenters. The Morgan fingerprint density at radius 2 is 1.94 bits per heavy atom. The van der Waals surface area contributed by atoms with Crippen molar-refractivity contribution < 1.29 is 17.8 Å². The van der Waals surface area contributed by atoms with Gasteiger partial charge in [0.2, 0.25) is 5.91 Å². The first-order valence-corrected chi connectivity index (χ1v) is 6.48. The van der Waals surface area contributed by atoms with Gasteiger partial charge in [-0.1, -0.05) is 0 Å². The second kappa shape index (κ2) is 4.10. The van der Waals surface area contributed by atoms with E-state index in [1.54, 1.807) is 0 Å². The van der Waals surface area contributed by atoms with Gasteiger partial charge in [0, 0.05) is 12.5 Å². The smallest absolute Gasteiger partial charge is 0.282 e. The number of amides is 1. The van der Waals surface area contributed by atoms with Gasteiger partial charge in [-0.2, -0.15) is 8.42 Å². The van der Waals surface area contributed by atoms with E-state index in [0.717, 1.165) is 0 Å². The van der Waals surface area contributed by atoms with Crippen molar-refractivity contribution in [2.45, 2.75) is 24.3 Å². The topological polar surface area (TPSA) is 86.7 Å². The maximum Gasteiger partial charge on any atom is 0.294 e. The molecule has 2 N–H and O–H groups in total. The molecule has 1 aliphatic heterocycles. The molecule has 0 aromatic heterocycles. The van der Waals surface area contributed by atoms with Crippen molar-refractivity contribution in [3.8, 4) is 0 Å². The van der Waals surface area contributed by atoms with Gasteiger partial charge in [-0.05, 0) is 31.2 Å². The lowest BCUT2D eigenvalue weighted by Crippen LogP contribution is -2.36. The van der Waals surface area contributed by atoms with Crippen molar-refractivity contribution in [2.24, 2.45) is 0 Å². The van der Waals surface area contributed by atoms with Crippen LogP contribution in [0.25, 0.3) is 0 Å². The summed E-state index contributed by atoms with van der Waals surface area (Å²) in [6, 6.07) is 5.49. The Bertz CT molecular complexity index is 538. The third kappa shape index (κ3) is 2.46. The summed E-state index contributed by atoms with van der Waals surface area (Å²) in [4.78, 5) is 11.4. The Balaban J connectivity index is 2.28. The summed E-state index contributed by atoms with van der Waals surface area (Å²) in [6.45, 7) is 1.88.